The Morgan fingerprint density at radius 1 is 1.50 bits per heavy atom. The molecule has 0 aromatic rings. The van der Waals surface area contributed by atoms with E-state index in [1.165, 1.54) is 11.4 Å². The highest BCUT2D eigenvalue weighted by molar-refractivity contribution is 8.58. The van der Waals surface area contributed by atoms with Crippen LogP contribution in [0, 0.1) is 0 Å². The molecule has 1 atom stereocenters. The first-order chi connectivity index (χ1) is 5.48. The summed E-state index contributed by atoms with van der Waals surface area (Å²) in [5.74, 6) is 0. The average molecular weight is 228 g/mol. The van der Waals surface area contributed by atoms with Crippen molar-refractivity contribution in [2.24, 2.45) is 0 Å². The summed E-state index contributed by atoms with van der Waals surface area (Å²) in [5.41, 5.74) is 0. The number of hydrogen-bond acceptors (Lipinski definition) is 4. The molecular weight excluding hydrogens is 211 g/mol. The molecule has 0 radical (unpaired) electrons. The summed E-state index contributed by atoms with van der Waals surface area (Å²) in [6, 6.07) is 0. The topological polar surface area (TPSA) is 26.3 Å². The van der Waals surface area contributed by atoms with Crippen LogP contribution in [-0.2, 0) is 9.09 Å². The molecule has 0 aliphatic heterocycles. The normalized spacial score (nSPS) is 16.4. The second-order valence-corrected chi connectivity index (χ2v) is 9.69. The van der Waals surface area contributed by atoms with E-state index >= 15 is 0 Å². The molecule has 74 valence electrons. The quantitative estimate of drug-likeness (QED) is 0.511. The monoisotopic (exact) mass is 228 g/mol. The molecule has 0 amide bonds. The molecule has 0 N–H and O–H groups in total. The highest BCUT2D eigenvalue weighted by atomic mass is 32.7. The minimum absolute atomic E-state index is 0.535. The Morgan fingerprint density at radius 3 is 2.50 bits per heavy atom. The Hall–Kier alpha value is 0.890. The van der Waals surface area contributed by atoms with Crippen LogP contribution in [0.4, 0.5) is 0 Å². The van der Waals surface area contributed by atoms with E-state index in [-0.39, 0.29) is 0 Å². The molecule has 0 saturated carbocycles. The zero-order valence-electron chi connectivity index (χ0n) is 8.07. The third-order valence-electron chi connectivity index (χ3n) is 1.05. The maximum Gasteiger partial charge on any atom is 0.255 e. The summed E-state index contributed by atoms with van der Waals surface area (Å²) >= 11 is 3.22. The van der Waals surface area contributed by atoms with Crippen molar-refractivity contribution in [3.05, 3.63) is 0 Å². The van der Waals surface area contributed by atoms with E-state index < -0.39 is 6.57 Å². The van der Waals surface area contributed by atoms with Gasteiger partial charge in [0.1, 0.15) is 0 Å². The minimum Gasteiger partial charge on any atom is -0.322 e. The molecule has 1 unspecified atom stereocenters. The predicted octanol–water partition coefficient (Wildman–Crippen LogP) is 3.68. The Kier molecular flexibility index (Phi) is 6.83. The summed E-state index contributed by atoms with van der Waals surface area (Å²) < 4.78 is 16.6. The van der Waals surface area contributed by atoms with E-state index in [9.17, 15) is 4.57 Å². The van der Waals surface area contributed by atoms with Gasteiger partial charge in [-0.1, -0.05) is 25.2 Å². The van der Waals surface area contributed by atoms with Crippen LogP contribution >= 0.6 is 29.7 Å². The van der Waals surface area contributed by atoms with Crippen molar-refractivity contribution in [2.45, 2.75) is 26.0 Å². The lowest BCUT2D eigenvalue weighted by Crippen LogP contribution is -1.88. The lowest BCUT2D eigenvalue weighted by molar-refractivity contribution is 0.350. The Bertz CT molecular complexity index is 161. The fraction of sp³-hybridized carbons (Fsp3) is 1.00. The molecule has 2 nitrogen and oxygen atoms in total. The zero-order valence-corrected chi connectivity index (χ0v) is 10.6. The number of rotatable bonds is 6. The van der Waals surface area contributed by atoms with Crippen LogP contribution in [0.3, 0.4) is 0 Å². The molecular formula is C7H17O2PS2. The van der Waals surface area contributed by atoms with Gasteiger partial charge in [-0.3, -0.25) is 4.57 Å². The maximum atomic E-state index is 11.5. The smallest absolute Gasteiger partial charge is 0.255 e. The van der Waals surface area contributed by atoms with Crippen molar-refractivity contribution in [3.63, 3.8) is 0 Å². The lowest BCUT2D eigenvalue weighted by Gasteiger charge is -2.11. The first kappa shape index (κ1) is 12.9. The maximum absolute atomic E-state index is 11.5. The van der Waals surface area contributed by atoms with Gasteiger partial charge in [0.15, 0.2) is 0 Å². The molecule has 0 aromatic heterocycles. The van der Waals surface area contributed by atoms with Gasteiger partial charge in [-0.15, -0.1) is 11.8 Å². The van der Waals surface area contributed by atoms with Crippen LogP contribution in [0.1, 0.15) is 20.8 Å². The third-order valence-corrected chi connectivity index (χ3v) is 6.55. The second kappa shape index (κ2) is 6.36. The molecule has 0 aliphatic carbocycles. The lowest BCUT2D eigenvalue weighted by atomic mass is 10.6. The van der Waals surface area contributed by atoms with Crippen LogP contribution in [0.15, 0.2) is 0 Å². The van der Waals surface area contributed by atoms with Crippen molar-refractivity contribution in [1.82, 2.24) is 0 Å². The highest BCUT2D eigenvalue weighted by Gasteiger charge is 2.15. The molecule has 0 saturated heterocycles. The van der Waals surface area contributed by atoms with E-state index in [4.69, 9.17) is 4.52 Å². The first-order valence-electron chi connectivity index (χ1n) is 3.96. The average Bonchev–Trinajstić information content (AvgIpc) is 1.85. The van der Waals surface area contributed by atoms with Crippen LogP contribution in [0.2, 0.25) is 0 Å². The molecule has 0 bridgehead atoms. The van der Waals surface area contributed by atoms with E-state index in [2.05, 4.69) is 13.8 Å². The summed E-state index contributed by atoms with van der Waals surface area (Å²) in [6.07, 6.45) is 0. The van der Waals surface area contributed by atoms with Gasteiger partial charge >= 0.3 is 0 Å². The van der Waals surface area contributed by atoms with Gasteiger partial charge in [-0.05, 0) is 12.2 Å². The first-order valence-corrected chi connectivity index (χ1v) is 8.67. The number of hydrogen-bond donors (Lipinski definition) is 0. The van der Waals surface area contributed by atoms with E-state index in [0.29, 0.717) is 11.9 Å². The summed E-state index contributed by atoms with van der Waals surface area (Å²) in [5, 5.41) is 1.45. The fourth-order valence-corrected chi connectivity index (χ4v) is 5.99. The molecule has 0 rings (SSSR count). The van der Waals surface area contributed by atoms with Crippen LogP contribution < -0.4 is 0 Å². The summed E-state index contributed by atoms with van der Waals surface area (Å²) in [6.45, 7) is 5.99. The van der Waals surface area contributed by atoms with Crippen molar-refractivity contribution in [1.29, 1.82) is 0 Å². The molecule has 0 aromatic carbocycles. The van der Waals surface area contributed by atoms with Crippen molar-refractivity contribution in [2.75, 3.05) is 18.4 Å². The predicted molar refractivity (Wildman–Crippen MR) is 60.3 cm³/mol. The van der Waals surface area contributed by atoms with E-state index in [1.54, 1.807) is 18.4 Å². The fourth-order valence-electron chi connectivity index (χ4n) is 0.534. The van der Waals surface area contributed by atoms with Gasteiger partial charge in [-0.25, -0.2) is 0 Å². The van der Waals surface area contributed by atoms with E-state index in [0.717, 1.165) is 5.08 Å². The van der Waals surface area contributed by atoms with Gasteiger partial charge in [0.25, 0.3) is 6.57 Å². The van der Waals surface area contributed by atoms with Gasteiger partial charge in [0, 0.05) is 11.7 Å². The van der Waals surface area contributed by atoms with Crippen LogP contribution in [0.5, 0.6) is 0 Å². The SMILES string of the molecule is CCOP(C)(=O)SCSC(C)C. The largest absolute Gasteiger partial charge is 0.322 e. The Morgan fingerprint density at radius 2 is 2.08 bits per heavy atom. The molecule has 0 aliphatic rings. The van der Waals surface area contributed by atoms with Gasteiger partial charge in [0.2, 0.25) is 0 Å². The molecule has 12 heavy (non-hydrogen) atoms. The highest BCUT2D eigenvalue weighted by Crippen LogP contribution is 2.57. The standard InChI is InChI=1S/C7H17O2PS2/c1-5-9-10(4,8)12-6-11-7(2)3/h7H,5-6H2,1-4H3. The molecule has 0 fully saturated rings. The minimum atomic E-state index is -2.35. The number of thioether (sulfide) groups is 1. The van der Waals surface area contributed by atoms with Gasteiger partial charge < -0.3 is 4.52 Å². The summed E-state index contributed by atoms with van der Waals surface area (Å²) in [4.78, 5) is 0. The van der Waals surface area contributed by atoms with E-state index in [1.807, 2.05) is 6.92 Å². The van der Waals surface area contributed by atoms with Crippen molar-refractivity contribution in [3.8, 4) is 0 Å². The van der Waals surface area contributed by atoms with Crippen LogP contribution in [-0.4, -0.2) is 23.6 Å². The van der Waals surface area contributed by atoms with Crippen molar-refractivity contribution >= 4 is 29.7 Å². The van der Waals surface area contributed by atoms with Crippen LogP contribution in [0.25, 0.3) is 0 Å². The molecule has 0 spiro atoms. The zero-order chi connectivity index (χ0) is 9.61. The third kappa shape index (κ3) is 7.53. The van der Waals surface area contributed by atoms with Gasteiger partial charge in [-0.2, -0.15) is 0 Å². The Balaban J connectivity index is 3.54. The Labute approximate surface area is 83.4 Å². The summed E-state index contributed by atoms with van der Waals surface area (Å²) in [7, 11) is 0. The van der Waals surface area contributed by atoms with Crippen molar-refractivity contribution < 1.29 is 9.09 Å². The second-order valence-electron chi connectivity index (χ2n) is 2.65. The van der Waals surface area contributed by atoms with Gasteiger partial charge in [0.05, 0.1) is 6.61 Å². The molecule has 5 heteroatoms. The molecule has 0 heterocycles.